The number of hydrogen-bond acceptors (Lipinski definition) is 2. The molecule has 9 aromatic carbocycles. The predicted molar refractivity (Wildman–Crippen MR) is 223 cm³/mol. The maximum absolute atomic E-state index is 6.79. The summed E-state index contributed by atoms with van der Waals surface area (Å²) in [7, 11) is 0. The minimum Gasteiger partial charge on any atom is -0.455 e. The first kappa shape index (κ1) is 29.6. The Morgan fingerprint density at radius 1 is 0.396 bits per heavy atom. The number of aromatic nitrogens is 1. The topological polar surface area (TPSA) is 21.3 Å². The quantitative estimate of drug-likeness (QED) is 0.169. The fraction of sp³-hybridized carbons (Fsp3) is 0. The zero-order valence-corrected chi connectivity index (χ0v) is 28.8. The number of nitrogens with zero attached hydrogens (tertiary/aromatic N) is 2. The lowest BCUT2D eigenvalue weighted by Gasteiger charge is -2.25. The van der Waals surface area contributed by atoms with E-state index in [0.717, 1.165) is 55.6 Å². The average Bonchev–Trinajstić information content (AvgIpc) is 3.77. The molecule has 11 aromatic rings. The van der Waals surface area contributed by atoms with Crippen LogP contribution < -0.4 is 4.90 Å². The number of para-hydroxylation sites is 5. The molecule has 3 heteroatoms. The minimum atomic E-state index is 0.902. The van der Waals surface area contributed by atoms with Gasteiger partial charge in [0.1, 0.15) is 11.2 Å². The zero-order valence-electron chi connectivity index (χ0n) is 28.8. The maximum atomic E-state index is 6.79. The summed E-state index contributed by atoms with van der Waals surface area (Å²) < 4.78 is 9.18. The molecule has 0 saturated heterocycles. The predicted octanol–water partition coefficient (Wildman–Crippen LogP) is 14.1. The first-order chi connectivity index (χ1) is 26.3. The fourth-order valence-corrected chi connectivity index (χ4v) is 8.37. The number of furan rings is 1. The third-order valence-electron chi connectivity index (χ3n) is 10.7. The van der Waals surface area contributed by atoms with Crippen LogP contribution >= 0.6 is 0 Å². The molecular weight excluding hydrogens is 645 g/mol. The molecule has 53 heavy (non-hydrogen) atoms. The van der Waals surface area contributed by atoms with Gasteiger partial charge in [-0.2, -0.15) is 0 Å². The molecular formula is C50H32N2O. The van der Waals surface area contributed by atoms with Gasteiger partial charge in [0.05, 0.1) is 11.0 Å². The Morgan fingerprint density at radius 3 is 1.74 bits per heavy atom. The molecule has 248 valence electrons. The number of hydrogen-bond donors (Lipinski definition) is 0. The molecule has 0 spiro atoms. The molecule has 3 nitrogen and oxygen atoms in total. The van der Waals surface area contributed by atoms with Crippen molar-refractivity contribution < 1.29 is 4.42 Å². The third kappa shape index (κ3) is 4.61. The molecule has 0 saturated carbocycles. The maximum Gasteiger partial charge on any atom is 0.143 e. The van der Waals surface area contributed by atoms with Gasteiger partial charge >= 0.3 is 0 Å². The molecule has 2 aromatic heterocycles. The number of fused-ring (bicyclic) bond motifs is 10. The molecule has 0 aliphatic rings. The van der Waals surface area contributed by atoms with Crippen molar-refractivity contribution in [3.63, 3.8) is 0 Å². The van der Waals surface area contributed by atoms with Gasteiger partial charge in [-0.15, -0.1) is 0 Å². The monoisotopic (exact) mass is 676 g/mol. The van der Waals surface area contributed by atoms with E-state index in [9.17, 15) is 0 Å². The van der Waals surface area contributed by atoms with Gasteiger partial charge in [0.25, 0.3) is 0 Å². The van der Waals surface area contributed by atoms with Gasteiger partial charge in [-0.25, -0.2) is 0 Å². The Bertz CT molecular complexity index is 3100. The standard InChI is InChI=1S/C50H32N2O/c1-4-14-35(15-5-1)51(36-16-6-2-7-17-36)38-26-24-33(25-27-38)43-30-34-31-45-39-20-10-12-22-46(39)52(37-18-8-3-9-19-37)47(45)32-44(34)49-41(43)28-29-42-40-21-11-13-23-48(40)53-50(42)49/h1-32H. The van der Waals surface area contributed by atoms with Crippen molar-refractivity contribution in [1.82, 2.24) is 4.57 Å². The van der Waals surface area contributed by atoms with Crippen LogP contribution in [0.2, 0.25) is 0 Å². The van der Waals surface area contributed by atoms with Gasteiger partial charge in [0.15, 0.2) is 0 Å². The van der Waals surface area contributed by atoms with E-state index in [1.807, 2.05) is 6.07 Å². The second-order valence-corrected chi connectivity index (χ2v) is 13.7. The Morgan fingerprint density at radius 2 is 1.00 bits per heavy atom. The summed E-state index contributed by atoms with van der Waals surface area (Å²) >= 11 is 0. The third-order valence-corrected chi connectivity index (χ3v) is 10.7. The van der Waals surface area contributed by atoms with E-state index in [0.29, 0.717) is 0 Å². The van der Waals surface area contributed by atoms with E-state index in [2.05, 4.69) is 198 Å². The van der Waals surface area contributed by atoms with Crippen molar-refractivity contribution in [1.29, 1.82) is 0 Å². The van der Waals surface area contributed by atoms with Crippen LogP contribution in [0.1, 0.15) is 0 Å². The van der Waals surface area contributed by atoms with E-state index in [1.54, 1.807) is 0 Å². The Labute approximate surface area is 306 Å². The average molecular weight is 677 g/mol. The summed E-state index contributed by atoms with van der Waals surface area (Å²) in [6.45, 7) is 0. The SMILES string of the molecule is c1ccc(N(c2ccccc2)c2ccc(-c3cc4cc5c6ccccc6n(-c6ccccc6)c5cc4c4c3ccc3c5ccccc5oc34)cc2)cc1. The van der Waals surface area contributed by atoms with E-state index in [1.165, 1.54) is 43.5 Å². The molecule has 0 bridgehead atoms. The lowest BCUT2D eigenvalue weighted by atomic mass is 9.91. The summed E-state index contributed by atoms with van der Waals surface area (Å²) in [4.78, 5) is 2.31. The van der Waals surface area contributed by atoms with Crippen LogP contribution in [0.4, 0.5) is 17.1 Å². The van der Waals surface area contributed by atoms with E-state index >= 15 is 0 Å². The van der Waals surface area contributed by atoms with Gasteiger partial charge in [-0.05, 0) is 112 Å². The molecule has 2 heterocycles. The molecule has 0 aliphatic heterocycles. The molecule has 0 atom stereocenters. The molecule has 0 radical (unpaired) electrons. The second-order valence-electron chi connectivity index (χ2n) is 13.7. The molecule has 0 amide bonds. The van der Waals surface area contributed by atoms with Crippen LogP contribution in [0.25, 0.3) is 82.1 Å². The van der Waals surface area contributed by atoms with Gasteiger partial charge in [0.2, 0.25) is 0 Å². The highest BCUT2D eigenvalue weighted by atomic mass is 16.3. The fourth-order valence-electron chi connectivity index (χ4n) is 8.37. The van der Waals surface area contributed by atoms with Crippen LogP contribution in [0, 0.1) is 0 Å². The lowest BCUT2D eigenvalue weighted by Crippen LogP contribution is -2.09. The first-order valence-electron chi connectivity index (χ1n) is 18.1. The van der Waals surface area contributed by atoms with E-state index < -0.39 is 0 Å². The normalized spacial score (nSPS) is 11.8. The number of anilines is 3. The van der Waals surface area contributed by atoms with Gasteiger partial charge in [-0.3, -0.25) is 0 Å². The smallest absolute Gasteiger partial charge is 0.143 e. The highest BCUT2D eigenvalue weighted by Crippen LogP contribution is 2.45. The summed E-state index contributed by atoms with van der Waals surface area (Å²) in [6, 6.07) is 69.6. The summed E-state index contributed by atoms with van der Waals surface area (Å²) in [5, 5.41) is 9.40. The van der Waals surface area contributed by atoms with Gasteiger partial charge < -0.3 is 13.9 Å². The summed E-state index contributed by atoms with van der Waals surface area (Å²) in [5.41, 5.74) is 11.0. The van der Waals surface area contributed by atoms with Crippen molar-refractivity contribution in [3.8, 4) is 16.8 Å². The molecule has 0 N–H and O–H groups in total. The van der Waals surface area contributed by atoms with Gasteiger partial charge in [0, 0.05) is 49.7 Å². The van der Waals surface area contributed by atoms with E-state index in [4.69, 9.17) is 4.42 Å². The molecule has 0 aliphatic carbocycles. The molecule has 0 unspecified atom stereocenters. The van der Waals surface area contributed by atoms with Crippen molar-refractivity contribution in [2.24, 2.45) is 0 Å². The van der Waals surface area contributed by atoms with Crippen LogP contribution in [-0.2, 0) is 0 Å². The molecule has 11 rings (SSSR count). The van der Waals surface area contributed by atoms with Crippen molar-refractivity contribution >= 4 is 82.4 Å². The number of benzene rings is 9. The lowest BCUT2D eigenvalue weighted by molar-refractivity contribution is 0.673. The zero-order chi connectivity index (χ0) is 34.9. The van der Waals surface area contributed by atoms with Crippen LogP contribution in [-0.4, -0.2) is 4.57 Å². The van der Waals surface area contributed by atoms with Crippen molar-refractivity contribution in [2.75, 3.05) is 4.90 Å². The van der Waals surface area contributed by atoms with Crippen LogP contribution in [0.3, 0.4) is 0 Å². The number of rotatable bonds is 5. The highest BCUT2D eigenvalue weighted by molar-refractivity contribution is 6.28. The summed E-state index contributed by atoms with van der Waals surface area (Å²) in [5.74, 6) is 0. The molecule has 0 fully saturated rings. The largest absolute Gasteiger partial charge is 0.455 e. The summed E-state index contributed by atoms with van der Waals surface area (Å²) in [6.07, 6.45) is 0. The highest BCUT2D eigenvalue weighted by Gasteiger charge is 2.20. The van der Waals surface area contributed by atoms with Crippen LogP contribution in [0.5, 0.6) is 0 Å². The Kier molecular flexibility index (Phi) is 6.55. The second kappa shape index (κ2) is 11.7. The Balaban J connectivity index is 1.19. The Hall–Kier alpha value is -7.10. The van der Waals surface area contributed by atoms with Crippen LogP contribution in [0.15, 0.2) is 199 Å². The van der Waals surface area contributed by atoms with E-state index in [-0.39, 0.29) is 0 Å². The van der Waals surface area contributed by atoms with Crippen molar-refractivity contribution in [3.05, 3.63) is 194 Å². The first-order valence-corrected chi connectivity index (χ1v) is 18.1. The van der Waals surface area contributed by atoms with Gasteiger partial charge in [-0.1, -0.05) is 109 Å². The minimum absolute atomic E-state index is 0.902. The van der Waals surface area contributed by atoms with Crippen molar-refractivity contribution in [2.45, 2.75) is 0 Å².